The Morgan fingerprint density at radius 1 is 0.253 bits per heavy atom. The highest BCUT2D eigenvalue weighted by atomic mass is 16.6. The van der Waals surface area contributed by atoms with Gasteiger partial charge in [-0.2, -0.15) is 0 Å². The van der Waals surface area contributed by atoms with Crippen LogP contribution in [0, 0.1) is 0 Å². The molecule has 0 aliphatic heterocycles. The van der Waals surface area contributed by atoms with Crippen LogP contribution in [-0.4, -0.2) is 37.2 Å². The van der Waals surface area contributed by atoms with Gasteiger partial charge in [0.1, 0.15) is 13.2 Å². The molecule has 0 aromatic rings. The predicted octanol–water partition coefficient (Wildman–Crippen LogP) is 21.7. The molecule has 0 spiro atoms. The van der Waals surface area contributed by atoms with Gasteiger partial charge in [0.25, 0.3) is 0 Å². The third kappa shape index (κ3) is 63.2. The van der Waals surface area contributed by atoms with Crippen LogP contribution >= 0.6 is 0 Å². The molecular formula is C73H112O6. The highest BCUT2D eigenvalue weighted by Gasteiger charge is 2.19. The molecule has 0 heterocycles. The standard InChI is InChI=1S/C73H112O6/c1-4-7-10-13-16-19-22-25-28-31-32-33-34-35-36-37-38-39-40-43-45-48-51-54-57-60-63-66-72(75)78-69-70(79-73(76)67-64-61-58-55-52-49-46-42-30-27-24-21-18-15-12-9-6-3)68-77-71(74)65-62-59-56-53-50-47-44-41-29-26-23-20-17-14-11-8-5-2/h7-12,16-21,25-30,32-33,35-36,44,46-47,49,53,55-56,58,70H,4-6,13-15,22-24,31,34,37-43,45,48,50-52,54,57,59-69H2,1-3H3/b10-7-,11-8-,12-9-,19-16-,20-17-,21-18-,28-25-,29-26-,30-27-,33-32-,36-35-,47-44-,49-46-,56-53-,58-55-. The summed E-state index contributed by atoms with van der Waals surface area (Å²) in [5, 5.41) is 0. The highest BCUT2D eigenvalue weighted by Crippen LogP contribution is 2.14. The van der Waals surface area contributed by atoms with Gasteiger partial charge in [-0.15, -0.1) is 0 Å². The number of carbonyl (C=O) groups is 3. The maximum Gasteiger partial charge on any atom is 0.306 e. The Hall–Kier alpha value is -5.49. The average molecular weight is 1090 g/mol. The number of hydrogen-bond acceptors (Lipinski definition) is 6. The highest BCUT2D eigenvalue weighted by molar-refractivity contribution is 5.71. The Kier molecular flexibility index (Phi) is 60.5. The monoisotopic (exact) mass is 1080 g/mol. The lowest BCUT2D eigenvalue weighted by Gasteiger charge is -2.18. The van der Waals surface area contributed by atoms with Crippen LogP contribution in [0.25, 0.3) is 0 Å². The second-order valence-corrected chi connectivity index (χ2v) is 19.8. The van der Waals surface area contributed by atoms with E-state index in [-0.39, 0.29) is 44.0 Å². The smallest absolute Gasteiger partial charge is 0.306 e. The lowest BCUT2D eigenvalue weighted by atomic mass is 10.0. The molecule has 0 fully saturated rings. The van der Waals surface area contributed by atoms with Crippen molar-refractivity contribution in [3.63, 3.8) is 0 Å². The van der Waals surface area contributed by atoms with Crippen molar-refractivity contribution in [3.8, 4) is 0 Å². The largest absolute Gasteiger partial charge is 0.462 e. The fourth-order valence-electron chi connectivity index (χ4n) is 7.83. The van der Waals surface area contributed by atoms with Gasteiger partial charge in [-0.25, -0.2) is 0 Å². The number of allylic oxidation sites excluding steroid dienone is 30. The molecule has 0 bridgehead atoms. The summed E-state index contributed by atoms with van der Waals surface area (Å²) < 4.78 is 16.8. The topological polar surface area (TPSA) is 78.9 Å². The first-order valence-corrected chi connectivity index (χ1v) is 31.3. The quantitative estimate of drug-likeness (QED) is 0.0261. The number of ether oxygens (including phenoxy) is 3. The second-order valence-electron chi connectivity index (χ2n) is 19.8. The molecule has 0 rings (SSSR count). The van der Waals surface area contributed by atoms with Crippen LogP contribution in [0.1, 0.15) is 239 Å². The van der Waals surface area contributed by atoms with E-state index in [9.17, 15) is 14.4 Å². The fourth-order valence-corrected chi connectivity index (χ4v) is 7.83. The van der Waals surface area contributed by atoms with Crippen molar-refractivity contribution in [2.45, 2.75) is 245 Å². The van der Waals surface area contributed by atoms with Gasteiger partial charge in [-0.3, -0.25) is 14.4 Å². The average Bonchev–Trinajstić information content (AvgIpc) is 3.45. The third-order valence-corrected chi connectivity index (χ3v) is 12.4. The van der Waals surface area contributed by atoms with E-state index < -0.39 is 6.10 Å². The Bertz CT molecular complexity index is 1870. The lowest BCUT2D eigenvalue weighted by molar-refractivity contribution is -0.167. The molecule has 0 amide bonds. The van der Waals surface area contributed by atoms with Crippen LogP contribution in [0.15, 0.2) is 182 Å². The van der Waals surface area contributed by atoms with Crippen molar-refractivity contribution in [1.29, 1.82) is 0 Å². The van der Waals surface area contributed by atoms with Crippen LogP contribution in [0.4, 0.5) is 0 Å². The van der Waals surface area contributed by atoms with Gasteiger partial charge in [0, 0.05) is 19.3 Å². The first kappa shape index (κ1) is 73.5. The molecule has 0 aromatic heterocycles. The molecule has 0 aliphatic rings. The molecule has 1 unspecified atom stereocenters. The molecule has 0 saturated heterocycles. The van der Waals surface area contributed by atoms with Gasteiger partial charge < -0.3 is 14.2 Å². The van der Waals surface area contributed by atoms with E-state index in [1.807, 2.05) is 0 Å². The van der Waals surface area contributed by atoms with Gasteiger partial charge in [-0.1, -0.05) is 261 Å². The summed E-state index contributed by atoms with van der Waals surface area (Å²) in [4.78, 5) is 38.3. The molecule has 0 radical (unpaired) electrons. The Morgan fingerprint density at radius 3 is 0.759 bits per heavy atom. The maximum absolute atomic E-state index is 12.9. The minimum Gasteiger partial charge on any atom is -0.462 e. The van der Waals surface area contributed by atoms with Crippen LogP contribution in [0.3, 0.4) is 0 Å². The van der Waals surface area contributed by atoms with Gasteiger partial charge in [0.2, 0.25) is 0 Å². The maximum atomic E-state index is 12.9. The van der Waals surface area contributed by atoms with Crippen molar-refractivity contribution in [3.05, 3.63) is 182 Å². The lowest BCUT2D eigenvalue weighted by Crippen LogP contribution is -2.30. The normalized spacial score (nSPS) is 13.4. The minimum atomic E-state index is -0.844. The fraction of sp³-hybridized carbons (Fsp3) is 0.548. The van der Waals surface area contributed by atoms with Crippen molar-refractivity contribution in [2.75, 3.05) is 13.2 Å². The van der Waals surface area contributed by atoms with E-state index in [1.165, 1.54) is 57.8 Å². The number of esters is 3. The Labute approximate surface area is 484 Å². The first-order chi connectivity index (χ1) is 39.0. The van der Waals surface area contributed by atoms with Gasteiger partial charge in [0.15, 0.2) is 6.10 Å². The van der Waals surface area contributed by atoms with E-state index >= 15 is 0 Å². The van der Waals surface area contributed by atoms with Gasteiger partial charge in [-0.05, 0) is 141 Å². The summed E-state index contributed by atoms with van der Waals surface area (Å²) in [6.45, 7) is 6.19. The van der Waals surface area contributed by atoms with Gasteiger partial charge >= 0.3 is 17.9 Å². The summed E-state index contributed by atoms with van der Waals surface area (Å²) in [5.74, 6) is -1.06. The first-order valence-electron chi connectivity index (χ1n) is 31.3. The molecule has 0 aliphatic carbocycles. The van der Waals surface area contributed by atoms with Crippen LogP contribution in [0.2, 0.25) is 0 Å². The van der Waals surface area contributed by atoms with Crippen LogP contribution < -0.4 is 0 Å². The number of rotatable bonds is 54. The van der Waals surface area contributed by atoms with E-state index in [2.05, 4.69) is 203 Å². The summed E-state index contributed by atoms with van der Waals surface area (Å²) in [6, 6.07) is 0. The SMILES string of the molecule is CC/C=C\C/C=C\C/C=C\C/C=C\C/C=C\CCCCCCCCCCCCCC(=O)OCC(COC(=O)CCC/C=C\C/C=C\C/C=C\C/C=C\C/C=C\CC)OC(=O)CCC/C=C\C/C=C\C/C=C\C/C=C\C/C=C\CC. The van der Waals surface area contributed by atoms with E-state index in [1.54, 1.807) is 0 Å². The Morgan fingerprint density at radius 2 is 0.468 bits per heavy atom. The minimum absolute atomic E-state index is 0.129. The molecule has 6 nitrogen and oxygen atoms in total. The van der Waals surface area contributed by atoms with E-state index in [4.69, 9.17) is 14.2 Å². The molecule has 1 atom stereocenters. The van der Waals surface area contributed by atoms with Crippen molar-refractivity contribution < 1.29 is 28.6 Å². The molecule has 79 heavy (non-hydrogen) atoms. The summed E-state index contributed by atoms with van der Waals surface area (Å²) in [7, 11) is 0. The number of hydrogen-bond donors (Lipinski definition) is 0. The predicted molar refractivity (Wildman–Crippen MR) is 343 cm³/mol. The van der Waals surface area contributed by atoms with Crippen LogP contribution in [0.5, 0.6) is 0 Å². The molecule has 0 saturated carbocycles. The van der Waals surface area contributed by atoms with Crippen molar-refractivity contribution in [2.24, 2.45) is 0 Å². The molecule has 0 N–H and O–H groups in total. The zero-order chi connectivity index (χ0) is 57.1. The van der Waals surface area contributed by atoms with Gasteiger partial charge in [0.05, 0.1) is 0 Å². The molecule has 440 valence electrons. The van der Waals surface area contributed by atoms with Crippen molar-refractivity contribution >= 4 is 17.9 Å². The van der Waals surface area contributed by atoms with E-state index in [0.717, 1.165) is 128 Å². The third-order valence-electron chi connectivity index (χ3n) is 12.4. The molecular weight excluding hydrogens is 973 g/mol. The molecule has 0 aromatic carbocycles. The van der Waals surface area contributed by atoms with Crippen molar-refractivity contribution in [1.82, 2.24) is 0 Å². The Balaban J connectivity index is 4.50. The summed E-state index contributed by atoms with van der Waals surface area (Å²) in [6.07, 6.45) is 97.6. The summed E-state index contributed by atoms with van der Waals surface area (Å²) in [5.41, 5.74) is 0. The summed E-state index contributed by atoms with van der Waals surface area (Å²) >= 11 is 0. The second kappa shape index (κ2) is 65.0. The van der Waals surface area contributed by atoms with E-state index in [0.29, 0.717) is 19.3 Å². The zero-order valence-corrected chi connectivity index (χ0v) is 50.3. The number of unbranched alkanes of at least 4 members (excludes halogenated alkanes) is 13. The zero-order valence-electron chi connectivity index (χ0n) is 50.3. The number of carbonyl (C=O) groups excluding carboxylic acids is 3. The van der Waals surface area contributed by atoms with Crippen LogP contribution in [-0.2, 0) is 28.6 Å². The molecule has 6 heteroatoms.